The number of likely N-dealkylation sites (tertiary alicyclic amines) is 1. The Bertz CT molecular complexity index is 1190. The summed E-state index contributed by atoms with van der Waals surface area (Å²) in [7, 11) is 0. The van der Waals surface area contributed by atoms with Crippen molar-refractivity contribution in [3.05, 3.63) is 58.0 Å². The number of hydrogen-bond acceptors (Lipinski definition) is 7. The third-order valence-electron chi connectivity index (χ3n) is 5.76. The Morgan fingerprint density at radius 3 is 3.03 bits per heavy atom. The van der Waals surface area contributed by atoms with Crippen LogP contribution in [0.1, 0.15) is 44.3 Å². The summed E-state index contributed by atoms with van der Waals surface area (Å²) < 4.78 is 8.70. The molecule has 0 radical (unpaired) electrons. The van der Waals surface area contributed by atoms with E-state index in [1.165, 1.54) is 19.3 Å². The molecule has 0 amide bonds. The number of nitrogens with zero attached hydrogens (tertiary/aromatic N) is 6. The highest BCUT2D eigenvalue weighted by Crippen LogP contribution is 2.24. The van der Waals surface area contributed by atoms with Crippen molar-refractivity contribution in [2.75, 3.05) is 6.54 Å². The molecule has 4 aromatic rings. The zero-order chi connectivity index (χ0) is 20.5. The van der Waals surface area contributed by atoms with Crippen molar-refractivity contribution in [1.82, 2.24) is 29.2 Å². The Morgan fingerprint density at radius 1 is 1.27 bits per heavy atom. The van der Waals surface area contributed by atoms with E-state index in [4.69, 9.17) is 4.52 Å². The Kier molecular flexibility index (Phi) is 5.22. The van der Waals surface area contributed by atoms with Gasteiger partial charge in [0.15, 0.2) is 5.82 Å². The molecule has 1 fully saturated rings. The molecule has 0 saturated carbocycles. The topological polar surface area (TPSA) is 81.5 Å². The van der Waals surface area contributed by atoms with Crippen LogP contribution in [-0.2, 0) is 13.1 Å². The van der Waals surface area contributed by atoms with Crippen LogP contribution in [0.3, 0.4) is 0 Å². The van der Waals surface area contributed by atoms with Gasteiger partial charge in [-0.15, -0.1) is 11.3 Å². The zero-order valence-electron chi connectivity index (χ0n) is 16.9. The number of thiophene rings is 1. The second-order valence-corrected chi connectivity index (χ2v) is 8.65. The van der Waals surface area contributed by atoms with E-state index in [2.05, 4.69) is 27.1 Å². The first kappa shape index (κ1) is 19.2. The van der Waals surface area contributed by atoms with Gasteiger partial charge < -0.3 is 9.09 Å². The molecule has 4 aromatic heterocycles. The van der Waals surface area contributed by atoms with E-state index >= 15 is 0 Å². The first-order valence-electron chi connectivity index (χ1n) is 10.4. The Balaban J connectivity index is 1.34. The van der Waals surface area contributed by atoms with Crippen LogP contribution in [0.15, 0.2) is 45.3 Å². The van der Waals surface area contributed by atoms with Gasteiger partial charge in [-0.25, -0.2) is 4.52 Å². The Hall–Kier alpha value is -2.78. The standard InChI is InChI=1S/C21H24N6O2S/c1-2-15-6-3-4-8-25(15)14-20-22-19(24-29-20)13-26-9-10-27-17(21(26)28)12-16(23-27)18-7-5-11-30-18/h5,7,9-12,15H,2-4,6,8,13-14H2,1H3. The van der Waals surface area contributed by atoms with Gasteiger partial charge >= 0.3 is 0 Å². The lowest BCUT2D eigenvalue weighted by molar-refractivity contribution is 0.120. The maximum Gasteiger partial charge on any atom is 0.277 e. The van der Waals surface area contributed by atoms with Crippen molar-refractivity contribution >= 4 is 16.9 Å². The molecule has 1 saturated heterocycles. The lowest BCUT2D eigenvalue weighted by Gasteiger charge is -2.33. The summed E-state index contributed by atoms with van der Waals surface area (Å²) in [6, 6.07) is 6.38. The Labute approximate surface area is 177 Å². The highest BCUT2D eigenvalue weighted by molar-refractivity contribution is 7.13. The maximum atomic E-state index is 12.9. The molecule has 1 unspecified atom stereocenters. The fraction of sp³-hybridized carbons (Fsp3) is 0.429. The van der Waals surface area contributed by atoms with Gasteiger partial charge in [-0.1, -0.05) is 24.6 Å². The molecule has 0 aromatic carbocycles. The summed E-state index contributed by atoms with van der Waals surface area (Å²) in [5, 5.41) is 10.6. The molecule has 5 rings (SSSR count). The molecule has 0 N–H and O–H groups in total. The minimum Gasteiger partial charge on any atom is -0.338 e. The van der Waals surface area contributed by atoms with Gasteiger partial charge in [-0.3, -0.25) is 9.69 Å². The van der Waals surface area contributed by atoms with E-state index in [1.807, 2.05) is 23.6 Å². The van der Waals surface area contributed by atoms with Crippen molar-refractivity contribution in [1.29, 1.82) is 0 Å². The first-order chi connectivity index (χ1) is 14.7. The van der Waals surface area contributed by atoms with Crippen LogP contribution >= 0.6 is 11.3 Å². The average Bonchev–Trinajstić information content (AvgIpc) is 3.51. The van der Waals surface area contributed by atoms with Crippen LogP contribution in [0.25, 0.3) is 16.1 Å². The molecule has 0 bridgehead atoms. The smallest absolute Gasteiger partial charge is 0.277 e. The summed E-state index contributed by atoms with van der Waals surface area (Å²) in [5.41, 5.74) is 1.21. The summed E-state index contributed by atoms with van der Waals surface area (Å²) in [4.78, 5) is 20.9. The molecule has 1 atom stereocenters. The summed E-state index contributed by atoms with van der Waals surface area (Å²) >= 11 is 1.60. The van der Waals surface area contributed by atoms with Crippen molar-refractivity contribution < 1.29 is 4.52 Å². The lowest BCUT2D eigenvalue weighted by Crippen LogP contribution is -2.38. The summed E-state index contributed by atoms with van der Waals surface area (Å²) in [5.74, 6) is 1.13. The molecule has 8 nitrogen and oxygen atoms in total. The third-order valence-corrected chi connectivity index (χ3v) is 6.65. The minimum absolute atomic E-state index is 0.124. The summed E-state index contributed by atoms with van der Waals surface area (Å²) in [6.07, 6.45) is 8.37. The van der Waals surface area contributed by atoms with E-state index < -0.39 is 0 Å². The molecule has 5 heterocycles. The molecule has 1 aliphatic rings. The molecule has 0 aliphatic carbocycles. The van der Waals surface area contributed by atoms with Crippen molar-refractivity contribution in [2.24, 2.45) is 0 Å². The lowest BCUT2D eigenvalue weighted by atomic mass is 10.0. The van der Waals surface area contributed by atoms with Gasteiger partial charge in [0.05, 0.1) is 18.0 Å². The third kappa shape index (κ3) is 3.70. The molecular weight excluding hydrogens is 400 g/mol. The van der Waals surface area contributed by atoms with E-state index in [9.17, 15) is 4.79 Å². The van der Waals surface area contributed by atoms with Crippen LogP contribution in [0, 0.1) is 0 Å². The molecule has 30 heavy (non-hydrogen) atoms. The normalized spacial score (nSPS) is 17.7. The van der Waals surface area contributed by atoms with Gasteiger partial charge in [0, 0.05) is 18.4 Å². The number of hydrogen-bond donors (Lipinski definition) is 0. The van der Waals surface area contributed by atoms with Crippen LogP contribution in [0.2, 0.25) is 0 Å². The molecular formula is C21H24N6O2S. The van der Waals surface area contributed by atoms with Crippen LogP contribution in [0.5, 0.6) is 0 Å². The number of aromatic nitrogens is 5. The Morgan fingerprint density at radius 2 is 2.20 bits per heavy atom. The molecule has 0 spiro atoms. The van der Waals surface area contributed by atoms with E-state index in [0.717, 1.165) is 23.5 Å². The van der Waals surface area contributed by atoms with Gasteiger partial charge in [0.2, 0.25) is 5.89 Å². The fourth-order valence-corrected chi connectivity index (χ4v) is 4.85. The number of piperidine rings is 1. The number of fused-ring (bicyclic) bond motifs is 1. The minimum atomic E-state index is -0.124. The monoisotopic (exact) mass is 424 g/mol. The predicted octanol–water partition coefficient (Wildman–Crippen LogP) is 3.42. The fourth-order valence-electron chi connectivity index (χ4n) is 4.17. The van der Waals surface area contributed by atoms with Crippen LogP contribution < -0.4 is 5.56 Å². The highest BCUT2D eigenvalue weighted by atomic mass is 32.1. The largest absolute Gasteiger partial charge is 0.338 e. The highest BCUT2D eigenvalue weighted by Gasteiger charge is 2.23. The van der Waals surface area contributed by atoms with Crippen LogP contribution in [0.4, 0.5) is 0 Å². The molecule has 156 valence electrons. The van der Waals surface area contributed by atoms with Gasteiger partial charge in [0.25, 0.3) is 5.56 Å². The first-order valence-corrected chi connectivity index (χ1v) is 11.3. The zero-order valence-corrected chi connectivity index (χ0v) is 17.7. The van der Waals surface area contributed by atoms with Crippen molar-refractivity contribution in [2.45, 2.75) is 51.7 Å². The molecule has 9 heteroatoms. The van der Waals surface area contributed by atoms with Gasteiger partial charge in [0.1, 0.15) is 11.2 Å². The second-order valence-electron chi connectivity index (χ2n) is 7.70. The van der Waals surface area contributed by atoms with E-state index in [0.29, 0.717) is 29.8 Å². The van der Waals surface area contributed by atoms with Crippen molar-refractivity contribution in [3.8, 4) is 10.6 Å². The molecule has 1 aliphatic heterocycles. The summed E-state index contributed by atoms with van der Waals surface area (Å²) in [6.45, 7) is 4.24. The maximum absolute atomic E-state index is 12.9. The number of rotatable bonds is 6. The van der Waals surface area contributed by atoms with E-state index in [-0.39, 0.29) is 12.1 Å². The second kappa shape index (κ2) is 8.16. The van der Waals surface area contributed by atoms with Gasteiger partial charge in [-0.2, -0.15) is 10.1 Å². The predicted molar refractivity (Wildman–Crippen MR) is 115 cm³/mol. The van der Waals surface area contributed by atoms with E-state index in [1.54, 1.807) is 32.8 Å². The SMILES string of the molecule is CCC1CCCCN1Cc1nc(Cn2ccn3nc(-c4cccs4)cc3c2=O)no1. The average molecular weight is 425 g/mol. The van der Waals surface area contributed by atoms with Crippen molar-refractivity contribution in [3.63, 3.8) is 0 Å². The van der Waals surface area contributed by atoms with Gasteiger partial charge in [-0.05, 0) is 43.3 Å². The quantitative estimate of drug-likeness (QED) is 0.472. The van der Waals surface area contributed by atoms with Crippen LogP contribution in [-0.4, -0.2) is 41.8 Å².